The predicted molar refractivity (Wildman–Crippen MR) is 110 cm³/mol. The Balaban J connectivity index is 1.76. The number of carbonyl (C=O) groups is 2. The van der Waals surface area contributed by atoms with E-state index in [0.717, 1.165) is 21.4 Å². The lowest BCUT2D eigenvalue weighted by molar-refractivity contribution is -0.116. The molecule has 2 aromatic rings. The fourth-order valence-electron chi connectivity index (χ4n) is 2.28. The molecule has 7 heteroatoms. The third-order valence-corrected chi connectivity index (χ3v) is 4.27. The van der Waals surface area contributed by atoms with Gasteiger partial charge < -0.3 is 20.9 Å². The summed E-state index contributed by atoms with van der Waals surface area (Å²) in [4.78, 5) is 25.9. The van der Waals surface area contributed by atoms with Gasteiger partial charge in [0.1, 0.15) is 0 Å². The minimum Gasteiger partial charge on any atom is -0.378 e. The van der Waals surface area contributed by atoms with Gasteiger partial charge in [0.25, 0.3) is 0 Å². The molecule has 0 aliphatic rings. The number of nitrogens with zero attached hydrogens (tertiary/aromatic N) is 1. The first kappa shape index (κ1) is 19.8. The zero-order valence-corrected chi connectivity index (χ0v) is 16.7. The molecule has 0 aliphatic carbocycles. The number of halogens is 1. The van der Waals surface area contributed by atoms with Gasteiger partial charge in [-0.2, -0.15) is 0 Å². The van der Waals surface area contributed by atoms with E-state index < -0.39 is 0 Å². The fraction of sp³-hybridized carbons (Fsp3) is 0.263. The molecule has 0 unspecified atom stereocenters. The van der Waals surface area contributed by atoms with E-state index in [-0.39, 0.29) is 24.9 Å². The van der Waals surface area contributed by atoms with Gasteiger partial charge in [-0.3, -0.25) is 4.79 Å². The second kappa shape index (κ2) is 9.24. The van der Waals surface area contributed by atoms with Crippen LogP contribution in [0.25, 0.3) is 0 Å². The lowest BCUT2D eigenvalue weighted by atomic mass is 10.1. The van der Waals surface area contributed by atoms with Crippen LogP contribution in [-0.2, 0) is 4.79 Å². The van der Waals surface area contributed by atoms with Crippen LogP contribution in [0.4, 0.5) is 21.9 Å². The number of urea groups is 1. The highest BCUT2D eigenvalue weighted by Gasteiger charge is 2.07. The zero-order valence-electron chi connectivity index (χ0n) is 15.1. The van der Waals surface area contributed by atoms with Crippen molar-refractivity contribution < 1.29 is 9.59 Å². The van der Waals surface area contributed by atoms with Crippen LogP contribution in [0.2, 0.25) is 0 Å². The Hall–Kier alpha value is -2.54. The number of hydrogen-bond donors (Lipinski definition) is 3. The second-order valence-corrected chi connectivity index (χ2v) is 7.00. The number of nitrogens with one attached hydrogen (secondary N) is 3. The maximum absolute atomic E-state index is 12.1. The van der Waals surface area contributed by atoms with Crippen molar-refractivity contribution in [1.82, 2.24) is 5.32 Å². The Morgan fingerprint density at radius 2 is 1.73 bits per heavy atom. The van der Waals surface area contributed by atoms with Gasteiger partial charge >= 0.3 is 6.03 Å². The Labute approximate surface area is 162 Å². The molecule has 0 saturated carbocycles. The van der Waals surface area contributed by atoms with E-state index in [1.807, 2.05) is 56.3 Å². The van der Waals surface area contributed by atoms with Gasteiger partial charge in [-0.1, -0.05) is 15.9 Å². The van der Waals surface area contributed by atoms with Crippen molar-refractivity contribution in [3.63, 3.8) is 0 Å². The van der Waals surface area contributed by atoms with Crippen molar-refractivity contribution in [2.45, 2.75) is 13.3 Å². The molecule has 3 N–H and O–H groups in total. The summed E-state index contributed by atoms with van der Waals surface area (Å²) in [5.41, 5.74) is 3.53. The molecule has 0 saturated heterocycles. The van der Waals surface area contributed by atoms with E-state index in [9.17, 15) is 9.59 Å². The molecular weight excluding hydrogens is 396 g/mol. The minimum absolute atomic E-state index is 0.144. The van der Waals surface area contributed by atoms with Gasteiger partial charge in [0.2, 0.25) is 5.91 Å². The smallest absolute Gasteiger partial charge is 0.319 e. The summed E-state index contributed by atoms with van der Waals surface area (Å²) >= 11 is 3.34. The van der Waals surface area contributed by atoms with Crippen molar-refractivity contribution >= 4 is 44.9 Å². The molecule has 0 fully saturated rings. The SMILES string of the molecule is Cc1cc(N(C)C)ccc1NC(=O)CCNC(=O)Nc1ccc(Br)cc1. The highest BCUT2D eigenvalue weighted by atomic mass is 79.9. The van der Waals surface area contributed by atoms with Gasteiger partial charge in [-0.15, -0.1) is 0 Å². The molecule has 0 radical (unpaired) electrons. The van der Waals surface area contributed by atoms with Gasteiger partial charge in [0, 0.05) is 48.6 Å². The number of anilines is 3. The van der Waals surface area contributed by atoms with Crippen LogP contribution in [-0.4, -0.2) is 32.6 Å². The number of hydrogen-bond acceptors (Lipinski definition) is 3. The maximum Gasteiger partial charge on any atom is 0.319 e. The van der Waals surface area contributed by atoms with Crippen molar-refractivity contribution in [2.75, 3.05) is 36.2 Å². The molecule has 0 bridgehead atoms. The second-order valence-electron chi connectivity index (χ2n) is 6.08. The van der Waals surface area contributed by atoms with E-state index in [1.54, 1.807) is 12.1 Å². The summed E-state index contributed by atoms with van der Waals surface area (Å²) in [6.07, 6.45) is 0.197. The molecule has 0 spiro atoms. The average Bonchev–Trinajstić information content (AvgIpc) is 2.58. The summed E-state index contributed by atoms with van der Waals surface area (Å²) in [7, 11) is 3.94. The van der Waals surface area contributed by atoms with Crippen molar-refractivity contribution in [2.24, 2.45) is 0 Å². The summed E-state index contributed by atoms with van der Waals surface area (Å²) in [5, 5.41) is 8.25. The van der Waals surface area contributed by atoms with E-state index in [4.69, 9.17) is 0 Å². The Kier molecular flexibility index (Phi) is 7.03. The van der Waals surface area contributed by atoms with Gasteiger partial charge in [0.15, 0.2) is 0 Å². The first-order valence-corrected chi connectivity index (χ1v) is 9.02. The molecule has 0 aromatic heterocycles. The zero-order chi connectivity index (χ0) is 19.1. The van der Waals surface area contributed by atoms with E-state index in [0.29, 0.717) is 5.69 Å². The standard InChI is InChI=1S/C19H23BrN4O2/c1-13-12-16(24(2)3)8-9-17(13)23-18(25)10-11-21-19(26)22-15-6-4-14(20)5-7-15/h4-9,12H,10-11H2,1-3H3,(H,23,25)(H2,21,22,26). The normalized spacial score (nSPS) is 10.2. The molecule has 26 heavy (non-hydrogen) atoms. The maximum atomic E-state index is 12.1. The quantitative estimate of drug-likeness (QED) is 0.664. The molecule has 138 valence electrons. The van der Waals surface area contributed by atoms with Crippen LogP contribution in [0.1, 0.15) is 12.0 Å². The highest BCUT2D eigenvalue weighted by Crippen LogP contribution is 2.21. The fourth-order valence-corrected chi connectivity index (χ4v) is 2.54. The summed E-state index contributed by atoms with van der Waals surface area (Å²) in [6.45, 7) is 2.20. The number of benzene rings is 2. The molecule has 3 amide bonds. The molecular formula is C19H23BrN4O2. The van der Waals surface area contributed by atoms with E-state index >= 15 is 0 Å². The number of rotatable bonds is 6. The highest BCUT2D eigenvalue weighted by molar-refractivity contribution is 9.10. The molecule has 2 aromatic carbocycles. The van der Waals surface area contributed by atoms with Crippen molar-refractivity contribution in [1.29, 1.82) is 0 Å². The lowest BCUT2D eigenvalue weighted by Gasteiger charge is -2.15. The molecule has 6 nitrogen and oxygen atoms in total. The third kappa shape index (κ3) is 6.07. The molecule has 0 heterocycles. The number of aryl methyl sites for hydroxylation is 1. The monoisotopic (exact) mass is 418 g/mol. The third-order valence-electron chi connectivity index (χ3n) is 3.74. The number of carbonyl (C=O) groups excluding carboxylic acids is 2. The van der Waals surface area contributed by atoms with E-state index in [1.165, 1.54) is 0 Å². The van der Waals surface area contributed by atoms with Crippen LogP contribution in [0, 0.1) is 6.92 Å². The minimum atomic E-state index is -0.341. The Morgan fingerprint density at radius 3 is 2.35 bits per heavy atom. The molecule has 2 rings (SSSR count). The van der Waals surface area contributed by atoms with Crippen LogP contribution >= 0.6 is 15.9 Å². The average molecular weight is 419 g/mol. The number of amides is 3. The lowest BCUT2D eigenvalue weighted by Crippen LogP contribution is -2.31. The van der Waals surface area contributed by atoms with Crippen molar-refractivity contribution in [3.05, 3.63) is 52.5 Å². The topological polar surface area (TPSA) is 73.5 Å². The van der Waals surface area contributed by atoms with Crippen LogP contribution in [0.3, 0.4) is 0 Å². The van der Waals surface area contributed by atoms with Gasteiger partial charge in [-0.05, 0) is 55.0 Å². The van der Waals surface area contributed by atoms with Gasteiger partial charge in [0.05, 0.1) is 0 Å². The molecule has 0 atom stereocenters. The van der Waals surface area contributed by atoms with Crippen LogP contribution in [0.15, 0.2) is 46.9 Å². The summed E-state index contributed by atoms with van der Waals surface area (Å²) in [5.74, 6) is -0.144. The largest absolute Gasteiger partial charge is 0.378 e. The first-order chi connectivity index (χ1) is 12.3. The summed E-state index contributed by atoms with van der Waals surface area (Å²) in [6, 6.07) is 12.8. The molecule has 0 aliphatic heterocycles. The van der Waals surface area contributed by atoms with Crippen LogP contribution < -0.4 is 20.9 Å². The van der Waals surface area contributed by atoms with Crippen molar-refractivity contribution in [3.8, 4) is 0 Å². The first-order valence-electron chi connectivity index (χ1n) is 8.23. The Morgan fingerprint density at radius 1 is 1.04 bits per heavy atom. The van der Waals surface area contributed by atoms with E-state index in [2.05, 4.69) is 31.9 Å². The summed E-state index contributed by atoms with van der Waals surface area (Å²) < 4.78 is 0.939. The van der Waals surface area contributed by atoms with Gasteiger partial charge in [-0.25, -0.2) is 4.79 Å². The predicted octanol–water partition coefficient (Wildman–Crippen LogP) is 3.97. The van der Waals surface area contributed by atoms with Crippen LogP contribution in [0.5, 0.6) is 0 Å². The Bertz CT molecular complexity index is 776.